The number of ether oxygens (including phenoxy) is 3. The summed E-state index contributed by atoms with van der Waals surface area (Å²) < 4.78 is 26.8. The normalized spacial score (nSPS) is 38.2. The van der Waals surface area contributed by atoms with Crippen LogP contribution in [0.15, 0.2) is 21.9 Å². The Morgan fingerprint density at radius 2 is 2.24 bits per heavy atom. The lowest BCUT2D eigenvalue weighted by atomic mass is 10.1. The van der Waals surface area contributed by atoms with E-state index in [9.17, 15) is 9.59 Å². The molecule has 0 amide bonds. The Labute approximate surface area is 121 Å². The van der Waals surface area contributed by atoms with Crippen LogP contribution in [-0.2, 0) is 14.2 Å². The maximum Gasteiger partial charge on any atom is 0.330 e. The number of rotatable bonds is 3. The molecule has 3 rings (SSSR count). The molecule has 2 aliphatic heterocycles. The van der Waals surface area contributed by atoms with Crippen molar-refractivity contribution >= 4 is 0 Å². The summed E-state index contributed by atoms with van der Waals surface area (Å²) in [4.78, 5) is 25.3. The van der Waals surface area contributed by atoms with Crippen molar-refractivity contribution < 1.29 is 20.7 Å². The maximum absolute atomic E-state index is 12.0. The van der Waals surface area contributed by atoms with Gasteiger partial charge in [-0.3, -0.25) is 14.3 Å². The van der Waals surface area contributed by atoms with Crippen molar-refractivity contribution in [2.75, 3.05) is 6.61 Å². The van der Waals surface area contributed by atoms with Gasteiger partial charge in [0.15, 0.2) is 12.0 Å². The van der Waals surface area contributed by atoms with Gasteiger partial charge in [-0.2, -0.15) is 0 Å². The molecular formula is C13H18N2O6. The van der Waals surface area contributed by atoms with Gasteiger partial charge in [0.2, 0.25) is 0 Å². The molecule has 0 saturated carbocycles. The van der Waals surface area contributed by atoms with E-state index in [2.05, 4.69) is 4.98 Å². The summed E-state index contributed by atoms with van der Waals surface area (Å²) >= 11 is 0. The molecule has 21 heavy (non-hydrogen) atoms. The molecule has 4 atom stereocenters. The molecule has 0 radical (unpaired) electrons. The zero-order valence-corrected chi connectivity index (χ0v) is 11.7. The van der Waals surface area contributed by atoms with E-state index in [-0.39, 0.29) is 13.0 Å². The van der Waals surface area contributed by atoms with E-state index < -0.39 is 41.6 Å². The highest BCUT2D eigenvalue weighted by molar-refractivity contribution is 4.98. The number of aliphatic hydroxyl groups is 1. The Balaban J connectivity index is 2.02. The Kier molecular flexibility index (Phi) is 3.18. The average Bonchev–Trinajstić information content (AvgIpc) is 2.78. The molecule has 0 spiro atoms. The van der Waals surface area contributed by atoms with Crippen LogP contribution < -0.4 is 11.2 Å². The van der Waals surface area contributed by atoms with E-state index in [1.54, 1.807) is 13.8 Å². The summed E-state index contributed by atoms with van der Waals surface area (Å²) in [5, 5.41) is 9.16. The lowest BCUT2D eigenvalue weighted by Gasteiger charge is -2.24. The van der Waals surface area contributed by atoms with Crippen molar-refractivity contribution in [2.45, 2.75) is 50.6 Å². The molecule has 8 heteroatoms. The lowest BCUT2D eigenvalue weighted by molar-refractivity contribution is -0.198. The number of H-pyrrole nitrogens is 1. The Morgan fingerprint density at radius 1 is 1.48 bits per heavy atom. The van der Waals surface area contributed by atoms with Crippen LogP contribution >= 0.6 is 0 Å². The number of aliphatic hydroxyl groups excluding tert-OH is 1. The molecule has 2 aliphatic rings. The van der Waals surface area contributed by atoms with Crippen LogP contribution in [0.1, 0.15) is 27.9 Å². The largest absolute Gasteiger partial charge is 0.396 e. The zero-order valence-electron chi connectivity index (χ0n) is 12.7. The van der Waals surface area contributed by atoms with Crippen molar-refractivity contribution in [2.24, 2.45) is 0 Å². The number of nitrogens with one attached hydrogen (secondary N) is 1. The Hall–Kier alpha value is -1.48. The van der Waals surface area contributed by atoms with Gasteiger partial charge in [-0.1, -0.05) is 0 Å². The molecule has 116 valence electrons. The highest BCUT2D eigenvalue weighted by atomic mass is 16.8. The van der Waals surface area contributed by atoms with E-state index in [4.69, 9.17) is 20.7 Å². The van der Waals surface area contributed by atoms with Crippen LogP contribution in [0.3, 0.4) is 0 Å². The van der Waals surface area contributed by atoms with Gasteiger partial charge < -0.3 is 19.3 Å². The maximum atomic E-state index is 12.0. The summed E-state index contributed by atoms with van der Waals surface area (Å²) in [6.45, 7) is 3.16. The molecule has 1 aromatic heterocycles. The number of hydrogen-bond donors (Lipinski definition) is 2. The van der Waals surface area contributed by atoms with E-state index in [0.29, 0.717) is 0 Å². The molecule has 3 heterocycles. The third kappa shape index (κ3) is 2.55. The van der Waals surface area contributed by atoms with Crippen LogP contribution in [-0.4, -0.2) is 45.3 Å². The van der Waals surface area contributed by atoms with Gasteiger partial charge in [0.05, 0.1) is 7.47 Å². The highest BCUT2D eigenvalue weighted by Crippen LogP contribution is 2.43. The van der Waals surface area contributed by atoms with Crippen LogP contribution in [0.5, 0.6) is 0 Å². The smallest absolute Gasteiger partial charge is 0.330 e. The van der Waals surface area contributed by atoms with Crippen LogP contribution in [0.25, 0.3) is 0 Å². The first-order valence-corrected chi connectivity index (χ1v) is 6.72. The van der Waals surface area contributed by atoms with Crippen LogP contribution in [0.2, 0.25) is 0 Å². The van der Waals surface area contributed by atoms with Crippen molar-refractivity contribution in [3.8, 4) is 0 Å². The SMILES string of the molecule is [2H][C@]12OC(C)(C)O[C@H]1[C@H](n1ccc(=O)[nH]c1=O)O[C@@H]2CCO. The number of aromatic nitrogens is 2. The van der Waals surface area contributed by atoms with E-state index in [1.165, 1.54) is 12.3 Å². The monoisotopic (exact) mass is 299 g/mol. The standard InChI is InChI=1S/C13H18N2O6/c1-13(2)20-9-7(4-6-16)19-11(10(9)21-13)15-5-3-8(17)14-12(15)18/h3,5,7,9-11,16H,4,6H2,1-2H3,(H,14,17,18)/t7-,9-,10-,11-/m1/s1/i9D. The first-order chi connectivity index (χ1) is 10.3. The molecule has 8 nitrogen and oxygen atoms in total. The lowest BCUT2D eigenvalue weighted by Crippen LogP contribution is -2.37. The van der Waals surface area contributed by atoms with Crippen LogP contribution in [0.4, 0.5) is 0 Å². The minimum atomic E-state index is -1.54. The second-order valence-corrected chi connectivity index (χ2v) is 5.49. The first kappa shape index (κ1) is 13.2. The van der Waals surface area contributed by atoms with Gasteiger partial charge in [0.25, 0.3) is 5.56 Å². The van der Waals surface area contributed by atoms with E-state index >= 15 is 0 Å². The number of fused-ring (bicyclic) bond motifs is 1. The van der Waals surface area contributed by atoms with Crippen molar-refractivity contribution in [1.82, 2.24) is 9.55 Å². The summed E-state index contributed by atoms with van der Waals surface area (Å²) in [5.41, 5.74) is -1.18. The molecular weight excluding hydrogens is 280 g/mol. The first-order valence-electron chi connectivity index (χ1n) is 7.22. The molecule has 2 saturated heterocycles. The molecule has 2 fully saturated rings. The molecule has 0 aliphatic carbocycles. The third-order valence-corrected chi connectivity index (χ3v) is 3.45. The fourth-order valence-corrected chi connectivity index (χ4v) is 2.65. The van der Waals surface area contributed by atoms with Gasteiger partial charge in [0.1, 0.15) is 12.2 Å². The summed E-state index contributed by atoms with van der Waals surface area (Å²) in [5.74, 6) is -1.01. The zero-order chi connectivity index (χ0) is 16.1. The fourth-order valence-electron chi connectivity index (χ4n) is 2.65. The van der Waals surface area contributed by atoms with Crippen molar-refractivity contribution in [3.63, 3.8) is 0 Å². The quantitative estimate of drug-likeness (QED) is 0.768. The topological polar surface area (TPSA) is 103 Å². The third-order valence-electron chi connectivity index (χ3n) is 3.45. The Morgan fingerprint density at radius 3 is 2.90 bits per heavy atom. The second kappa shape index (κ2) is 5.06. The van der Waals surface area contributed by atoms with Gasteiger partial charge in [-0.15, -0.1) is 0 Å². The number of nitrogens with zero attached hydrogens (tertiary/aromatic N) is 1. The second-order valence-electron chi connectivity index (χ2n) is 5.49. The minimum Gasteiger partial charge on any atom is -0.396 e. The van der Waals surface area contributed by atoms with Crippen molar-refractivity contribution in [3.05, 3.63) is 33.1 Å². The molecule has 1 aromatic rings. The van der Waals surface area contributed by atoms with Crippen LogP contribution in [0, 0.1) is 0 Å². The van der Waals surface area contributed by atoms with Gasteiger partial charge in [-0.05, 0) is 20.3 Å². The van der Waals surface area contributed by atoms with E-state index in [1.807, 2.05) is 0 Å². The Bertz CT molecular complexity index is 686. The molecule has 0 aromatic carbocycles. The minimum absolute atomic E-state index is 0.175. The fraction of sp³-hybridized carbons (Fsp3) is 0.692. The average molecular weight is 299 g/mol. The summed E-state index contributed by atoms with van der Waals surface area (Å²) in [7, 11) is 0. The van der Waals surface area contributed by atoms with E-state index in [0.717, 1.165) is 4.57 Å². The highest BCUT2D eigenvalue weighted by Gasteiger charge is 2.55. The van der Waals surface area contributed by atoms with Gasteiger partial charge in [0, 0.05) is 18.9 Å². The van der Waals surface area contributed by atoms with Gasteiger partial charge >= 0.3 is 5.69 Å². The van der Waals surface area contributed by atoms with Crippen molar-refractivity contribution in [1.29, 1.82) is 0 Å². The predicted octanol–water partition coefficient (Wildman–Crippen LogP) is -0.663. The molecule has 0 unspecified atom stereocenters. The summed E-state index contributed by atoms with van der Waals surface area (Å²) in [6, 6.07) is 1.19. The predicted molar refractivity (Wildman–Crippen MR) is 70.8 cm³/mol. The number of aromatic amines is 1. The molecule has 0 bridgehead atoms. The molecule has 2 N–H and O–H groups in total. The number of hydrogen-bond acceptors (Lipinski definition) is 6. The summed E-state index contributed by atoms with van der Waals surface area (Å²) in [6.07, 6.45) is -2.60. The van der Waals surface area contributed by atoms with Gasteiger partial charge in [-0.25, -0.2) is 4.79 Å².